The third-order valence-electron chi connectivity index (χ3n) is 3.73. The molecule has 1 N–H and O–H groups in total. The zero-order valence-corrected chi connectivity index (χ0v) is 10.6. The fourth-order valence-electron chi connectivity index (χ4n) is 2.49. The van der Waals surface area contributed by atoms with Gasteiger partial charge in [-0.25, -0.2) is 0 Å². The summed E-state index contributed by atoms with van der Waals surface area (Å²) >= 11 is 0. The van der Waals surface area contributed by atoms with Gasteiger partial charge in [-0.15, -0.1) is 0 Å². The van der Waals surface area contributed by atoms with Gasteiger partial charge in [-0.1, -0.05) is 12.8 Å². The molecule has 1 aromatic rings. The Morgan fingerprint density at radius 1 is 1.38 bits per heavy atom. The monoisotopic (exact) mass is 221 g/mol. The molecule has 3 heteroatoms. The van der Waals surface area contributed by atoms with Gasteiger partial charge in [0.05, 0.1) is 12.2 Å². The SMILES string of the molecule is Cc1cnn([C@H](C)[C@H](C)NC2CCCC2)c1. The molecule has 1 saturated carbocycles. The number of nitrogens with zero attached hydrogens (tertiary/aromatic N) is 2. The topological polar surface area (TPSA) is 29.9 Å². The van der Waals surface area contributed by atoms with E-state index in [4.69, 9.17) is 0 Å². The van der Waals surface area contributed by atoms with E-state index in [1.54, 1.807) is 0 Å². The van der Waals surface area contributed by atoms with E-state index in [0.717, 1.165) is 6.04 Å². The van der Waals surface area contributed by atoms with Crippen LogP contribution in [0.2, 0.25) is 0 Å². The van der Waals surface area contributed by atoms with E-state index in [0.29, 0.717) is 12.1 Å². The largest absolute Gasteiger partial charge is 0.309 e. The minimum absolute atomic E-state index is 0.425. The van der Waals surface area contributed by atoms with Crippen LogP contribution in [0, 0.1) is 6.92 Å². The molecule has 0 saturated heterocycles. The number of rotatable bonds is 4. The van der Waals surface area contributed by atoms with E-state index in [1.165, 1.54) is 31.2 Å². The lowest BCUT2D eigenvalue weighted by Crippen LogP contribution is -2.39. The number of hydrogen-bond donors (Lipinski definition) is 1. The van der Waals surface area contributed by atoms with Crippen molar-refractivity contribution >= 4 is 0 Å². The average molecular weight is 221 g/mol. The van der Waals surface area contributed by atoms with E-state index in [-0.39, 0.29) is 0 Å². The molecule has 1 aromatic heterocycles. The lowest BCUT2D eigenvalue weighted by Gasteiger charge is -2.25. The van der Waals surface area contributed by atoms with Gasteiger partial charge in [0.1, 0.15) is 0 Å². The van der Waals surface area contributed by atoms with Crippen LogP contribution in [-0.4, -0.2) is 21.9 Å². The molecule has 2 atom stereocenters. The van der Waals surface area contributed by atoms with Crippen molar-refractivity contribution in [1.29, 1.82) is 0 Å². The predicted octanol–water partition coefficient (Wildman–Crippen LogP) is 2.67. The molecule has 90 valence electrons. The van der Waals surface area contributed by atoms with E-state index in [9.17, 15) is 0 Å². The van der Waals surface area contributed by atoms with Crippen LogP contribution in [0.15, 0.2) is 12.4 Å². The smallest absolute Gasteiger partial charge is 0.0641 e. The summed E-state index contributed by atoms with van der Waals surface area (Å²) in [5.41, 5.74) is 1.24. The molecule has 0 aromatic carbocycles. The van der Waals surface area contributed by atoms with Crippen molar-refractivity contribution in [2.75, 3.05) is 0 Å². The molecule has 3 nitrogen and oxygen atoms in total. The summed E-state index contributed by atoms with van der Waals surface area (Å²) in [6.07, 6.45) is 9.51. The Morgan fingerprint density at radius 3 is 2.62 bits per heavy atom. The molecule has 16 heavy (non-hydrogen) atoms. The summed E-state index contributed by atoms with van der Waals surface area (Å²) in [6, 6.07) is 1.64. The summed E-state index contributed by atoms with van der Waals surface area (Å²) in [5, 5.41) is 8.11. The van der Waals surface area contributed by atoms with Crippen LogP contribution in [0.3, 0.4) is 0 Å². The molecular formula is C13H23N3. The zero-order valence-electron chi connectivity index (χ0n) is 10.6. The van der Waals surface area contributed by atoms with Crippen LogP contribution in [0.1, 0.15) is 51.1 Å². The summed E-state index contributed by atoms with van der Waals surface area (Å²) in [4.78, 5) is 0. The summed E-state index contributed by atoms with van der Waals surface area (Å²) < 4.78 is 2.07. The maximum absolute atomic E-state index is 4.39. The van der Waals surface area contributed by atoms with Gasteiger partial charge in [-0.05, 0) is 39.2 Å². The first-order valence-electron chi connectivity index (χ1n) is 6.43. The summed E-state index contributed by atoms with van der Waals surface area (Å²) in [7, 11) is 0. The van der Waals surface area contributed by atoms with Crippen molar-refractivity contribution in [3.63, 3.8) is 0 Å². The van der Waals surface area contributed by atoms with Crippen LogP contribution in [0.25, 0.3) is 0 Å². The van der Waals surface area contributed by atoms with Gasteiger partial charge in [0.25, 0.3) is 0 Å². The third-order valence-corrected chi connectivity index (χ3v) is 3.73. The van der Waals surface area contributed by atoms with Crippen LogP contribution in [0.4, 0.5) is 0 Å². The maximum atomic E-state index is 4.39. The molecule has 0 amide bonds. The second kappa shape index (κ2) is 5.00. The number of nitrogens with one attached hydrogen (secondary N) is 1. The van der Waals surface area contributed by atoms with Gasteiger partial charge in [-0.3, -0.25) is 4.68 Å². The maximum Gasteiger partial charge on any atom is 0.0641 e. The zero-order chi connectivity index (χ0) is 11.5. The lowest BCUT2D eigenvalue weighted by atomic mass is 10.1. The highest BCUT2D eigenvalue weighted by molar-refractivity contribution is 5.01. The highest BCUT2D eigenvalue weighted by Gasteiger charge is 2.21. The quantitative estimate of drug-likeness (QED) is 0.847. The third kappa shape index (κ3) is 2.64. The Morgan fingerprint density at radius 2 is 2.06 bits per heavy atom. The lowest BCUT2D eigenvalue weighted by molar-refractivity contribution is 0.333. The predicted molar refractivity (Wildman–Crippen MR) is 66.5 cm³/mol. The first-order valence-corrected chi connectivity index (χ1v) is 6.43. The van der Waals surface area contributed by atoms with Gasteiger partial charge in [0.2, 0.25) is 0 Å². The van der Waals surface area contributed by atoms with Crippen molar-refractivity contribution in [3.05, 3.63) is 18.0 Å². The minimum atomic E-state index is 0.425. The minimum Gasteiger partial charge on any atom is -0.309 e. The fraction of sp³-hybridized carbons (Fsp3) is 0.769. The first kappa shape index (κ1) is 11.6. The van der Waals surface area contributed by atoms with Crippen LogP contribution in [-0.2, 0) is 0 Å². The molecule has 0 bridgehead atoms. The van der Waals surface area contributed by atoms with E-state index in [2.05, 4.69) is 42.1 Å². The van der Waals surface area contributed by atoms with Crippen molar-refractivity contribution in [1.82, 2.24) is 15.1 Å². The Balaban J connectivity index is 1.90. The van der Waals surface area contributed by atoms with Crippen LogP contribution < -0.4 is 5.32 Å². The number of aryl methyl sites for hydroxylation is 1. The van der Waals surface area contributed by atoms with Gasteiger partial charge < -0.3 is 5.32 Å². The number of aromatic nitrogens is 2. The molecule has 1 heterocycles. The Bertz CT molecular complexity index is 326. The molecule has 1 aliphatic rings. The van der Waals surface area contributed by atoms with Gasteiger partial charge >= 0.3 is 0 Å². The van der Waals surface area contributed by atoms with E-state index < -0.39 is 0 Å². The second-order valence-electron chi connectivity index (χ2n) is 5.18. The molecule has 0 aliphatic heterocycles. The Labute approximate surface area is 98.2 Å². The molecule has 1 aliphatic carbocycles. The molecule has 0 radical (unpaired) electrons. The van der Waals surface area contributed by atoms with Crippen LogP contribution >= 0.6 is 0 Å². The van der Waals surface area contributed by atoms with Gasteiger partial charge in [-0.2, -0.15) is 5.10 Å². The van der Waals surface area contributed by atoms with Crippen molar-refractivity contribution in [2.24, 2.45) is 0 Å². The Hall–Kier alpha value is -0.830. The van der Waals surface area contributed by atoms with Crippen molar-refractivity contribution in [2.45, 2.75) is 64.6 Å². The molecule has 0 spiro atoms. The number of hydrogen-bond acceptors (Lipinski definition) is 2. The molecule has 0 unspecified atom stereocenters. The average Bonchev–Trinajstić information content (AvgIpc) is 2.88. The molecular weight excluding hydrogens is 198 g/mol. The summed E-state index contributed by atoms with van der Waals surface area (Å²) in [6.45, 7) is 6.59. The van der Waals surface area contributed by atoms with E-state index in [1.807, 2.05) is 6.20 Å². The standard InChI is InChI=1S/C13H23N3/c1-10-8-14-16(9-10)12(3)11(2)15-13-6-4-5-7-13/h8-9,11-13,15H,4-7H2,1-3H3/t11-,12+/m0/s1. The molecule has 1 fully saturated rings. The van der Waals surface area contributed by atoms with Crippen LogP contribution in [0.5, 0.6) is 0 Å². The first-order chi connectivity index (χ1) is 7.66. The second-order valence-corrected chi connectivity index (χ2v) is 5.18. The highest BCUT2D eigenvalue weighted by Crippen LogP contribution is 2.20. The Kier molecular flexibility index (Phi) is 3.64. The van der Waals surface area contributed by atoms with Gasteiger partial charge in [0.15, 0.2) is 0 Å². The normalized spacial score (nSPS) is 21.2. The van der Waals surface area contributed by atoms with Gasteiger partial charge in [0, 0.05) is 18.3 Å². The van der Waals surface area contributed by atoms with Crippen molar-refractivity contribution in [3.8, 4) is 0 Å². The fourth-order valence-corrected chi connectivity index (χ4v) is 2.49. The highest BCUT2D eigenvalue weighted by atomic mass is 15.3. The summed E-state index contributed by atoms with van der Waals surface area (Å²) in [5.74, 6) is 0. The molecule has 2 rings (SSSR count). The van der Waals surface area contributed by atoms with Crippen molar-refractivity contribution < 1.29 is 0 Å². The van der Waals surface area contributed by atoms with E-state index >= 15 is 0 Å².